The number of carbonyl (C=O) groups is 2. The maximum Gasteiger partial charge on any atom is 0.511 e. The molecule has 7 nitrogen and oxygen atoms in total. The van der Waals surface area contributed by atoms with Crippen LogP contribution in [0.2, 0.25) is 0 Å². The van der Waals surface area contributed by atoms with Gasteiger partial charge in [-0.25, -0.2) is 4.79 Å². The Morgan fingerprint density at radius 2 is 1.71 bits per heavy atom. The Morgan fingerprint density at radius 1 is 1.05 bits per heavy atom. The summed E-state index contributed by atoms with van der Waals surface area (Å²) in [4.78, 5) is 33.2. The van der Waals surface area contributed by atoms with Crippen LogP contribution in [0.4, 0.5) is 10.5 Å². The second-order valence-corrected chi connectivity index (χ2v) is 3.97. The van der Waals surface area contributed by atoms with Crippen molar-refractivity contribution in [3.8, 4) is 5.75 Å². The second kappa shape index (κ2) is 5.83. The molecule has 21 heavy (non-hydrogen) atoms. The molecule has 0 radical (unpaired) electrons. The van der Waals surface area contributed by atoms with Crippen molar-refractivity contribution in [3.63, 3.8) is 0 Å². The van der Waals surface area contributed by atoms with Crippen molar-refractivity contribution in [2.45, 2.75) is 0 Å². The number of rotatable bonds is 4. The molecule has 2 aromatic carbocycles. The fourth-order valence-corrected chi connectivity index (χ4v) is 1.79. The maximum atomic E-state index is 12.3. The van der Waals surface area contributed by atoms with E-state index in [1.165, 1.54) is 24.3 Å². The van der Waals surface area contributed by atoms with Crippen molar-refractivity contribution in [2.75, 3.05) is 0 Å². The van der Waals surface area contributed by atoms with E-state index in [0.717, 1.165) is 6.07 Å². The standard InChI is InChI=1S/C14H9NO6/c16-12(9-5-2-1-3-6-9)10-7-4-8-11(15(19)20)13(10)21-14(17)18/h1-8H,(H,17,18). The van der Waals surface area contributed by atoms with Gasteiger partial charge in [0.25, 0.3) is 0 Å². The van der Waals surface area contributed by atoms with Crippen LogP contribution in [0.3, 0.4) is 0 Å². The van der Waals surface area contributed by atoms with Crippen molar-refractivity contribution in [1.82, 2.24) is 0 Å². The van der Waals surface area contributed by atoms with Crippen LogP contribution in [0.5, 0.6) is 5.75 Å². The molecule has 0 unspecified atom stereocenters. The van der Waals surface area contributed by atoms with Gasteiger partial charge >= 0.3 is 11.8 Å². The summed E-state index contributed by atoms with van der Waals surface area (Å²) in [5.41, 5.74) is -0.495. The van der Waals surface area contributed by atoms with E-state index < -0.39 is 28.3 Å². The summed E-state index contributed by atoms with van der Waals surface area (Å²) in [6.45, 7) is 0. The Morgan fingerprint density at radius 3 is 2.29 bits per heavy atom. The molecule has 0 aliphatic rings. The first-order valence-electron chi connectivity index (χ1n) is 5.78. The van der Waals surface area contributed by atoms with E-state index in [1.54, 1.807) is 18.2 Å². The number of para-hydroxylation sites is 1. The lowest BCUT2D eigenvalue weighted by atomic mass is 10.0. The molecule has 0 aliphatic carbocycles. The summed E-state index contributed by atoms with van der Waals surface area (Å²) in [5.74, 6) is -1.14. The number of carboxylic acid groups (broad SMARTS) is 1. The molecule has 0 spiro atoms. The van der Waals surface area contributed by atoms with Gasteiger partial charge in [-0.05, 0) is 6.07 Å². The smallest absolute Gasteiger partial charge is 0.449 e. The van der Waals surface area contributed by atoms with E-state index in [4.69, 9.17) is 5.11 Å². The molecule has 0 aliphatic heterocycles. The third kappa shape index (κ3) is 3.03. The zero-order chi connectivity index (χ0) is 15.4. The average Bonchev–Trinajstić information content (AvgIpc) is 2.47. The molecule has 2 rings (SSSR count). The molecule has 0 bridgehead atoms. The first kappa shape index (κ1) is 14.2. The SMILES string of the molecule is O=C(O)Oc1c(C(=O)c2ccccc2)cccc1[N+](=O)[O-]. The molecule has 0 heterocycles. The number of benzene rings is 2. The van der Waals surface area contributed by atoms with Gasteiger partial charge in [-0.2, -0.15) is 0 Å². The molecule has 0 saturated carbocycles. The molecule has 0 fully saturated rings. The highest BCUT2D eigenvalue weighted by Gasteiger charge is 2.25. The van der Waals surface area contributed by atoms with Gasteiger partial charge < -0.3 is 9.84 Å². The summed E-state index contributed by atoms with van der Waals surface area (Å²) >= 11 is 0. The number of nitro groups is 1. The Labute approximate surface area is 118 Å². The second-order valence-electron chi connectivity index (χ2n) is 3.97. The zero-order valence-electron chi connectivity index (χ0n) is 10.6. The third-order valence-corrected chi connectivity index (χ3v) is 2.66. The molecular formula is C14H9NO6. The number of carbonyl (C=O) groups excluding carboxylic acids is 1. The Bertz CT molecular complexity index is 711. The topological polar surface area (TPSA) is 107 Å². The average molecular weight is 287 g/mol. The van der Waals surface area contributed by atoms with Gasteiger partial charge in [0.15, 0.2) is 5.78 Å². The number of ketones is 1. The van der Waals surface area contributed by atoms with Crippen LogP contribution >= 0.6 is 0 Å². The van der Waals surface area contributed by atoms with Crippen molar-refractivity contribution in [2.24, 2.45) is 0 Å². The number of nitro benzene ring substituents is 1. The predicted octanol–water partition coefficient (Wildman–Crippen LogP) is 2.88. The number of ether oxygens (including phenoxy) is 1. The van der Waals surface area contributed by atoms with Crippen molar-refractivity contribution < 1.29 is 24.4 Å². The van der Waals surface area contributed by atoms with Crippen LogP contribution in [0.1, 0.15) is 15.9 Å². The largest absolute Gasteiger partial charge is 0.511 e. The lowest BCUT2D eigenvalue weighted by Crippen LogP contribution is -2.11. The van der Waals surface area contributed by atoms with Crippen molar-refractivity contribution in [1.29, 1.82) is 0 Å². The summed E-state index contributed by atoms with van der Waals surface area (Å²) in [7, 11) is 0. The monoisotopic (exact) mass is 287 g/mol. The first-order valence-corrected chi connectivity index (χ1v) is 5.78. The Kier molecular flexibility index (Phi) is 3.94. The maximum absolute atomic E-state index is 12.3. The number of hydrogen-bond donors (Lipinski definition) is 1. The predicted molar refractivity (Wildman–Crippen MR) is 71.6 cm³/mol. The Hall–Kier alpha value is -3.22. The van der Waals surface area contributed by atoms with E-state index in [1.807, 2.05) is 0 Å². The minimum atomic E-state index is -1.73. The van der Waals surface area contributed by atoms with Crippen LogP contribution in [0.15, 0.2) is 48.5 Å². The van der Waals surface area contributed by atoms with Gasteiger partial charge in [-0.15, -0.1) is 0 Å². The van der Waals surface area contributed by atoms with Crippen LogP contribution in [0, 0.1) is 10.1 Å². The van der Waals surface area contributed by atoms with E-state index in [2.05, 4.69) is 4.74 Å². The van der Waals surface area contributed by atoms with Crippen molar-refractivity contribution >= 4 is 17.6 Å². The highest BCUT2D eigenvalue weighted by atomic mass is 16.7. The van der Waals surface area contributed by atoms with Gasteiger partial charge in [-0.1, -0.05) is 36.4 Å². The molecule has 106 valence electrons. The summed E-state index contributed by atoms with van der Waals surface area (Å²) in [6.07, 6.45) is -1.73. The van der Waals surface area contributed by atoms with E-state index >= 15 is 0 Å². The van der Waals surface area contributed by atoms with Gasteiger partial charge in [0.2, 0.25) is 5.75 Å². The van der Waals surface area contributed by atoms with E-state index in [9.17, 15) is 19.7 Å². The Balaban J connectivity index is 2.57. The van der Waals surface area contributed by atoms with Gasteiger partial charge in [-0.3, -0.25) is 14.9 Å². The van der Waals surface area contributed by atoms with Gasteiger partial charge in [0, 0.05) is 11.6 Å². The number of nitrogens with zero attached hydrogens (tertiary/aromatic N) is 1. The van der Waals surface area contributed by atoms with E-state index in [0.29, 0.717) is 0 Å². The molecule has 0 saturated heterocycles. The fraction of sp³-hybridized carbons (Fsp3) is 0. The van der Waals surface area contributed by atoms with Crippen molar-refractivity contribution in [3.05, 3.63) is 69.8 Å². The summed E-state index contributed by atoms with van der Waals surface area (Å²) in [5, 5.41) is 19.6. The number of hydrogen-bond acceptors (Lipinski definition) is 5. The molecular weight excluding hydrogens is 278 g/mol. The minimum Gasteiger partial charge on any atom is -0.449 e. The molecule has 0 aromatic heterocycles. The van der Waals surface area contributed by atoms with Gasteiger partial charge in [0.1, 0.15) is 0 Å². The van der Waals surface area contributed by atoms with Gasteiger partial charge in [0.05, 0.1) is 10.5 Å². The van der Waals surface area contributed by atoms with Crippen LogP contribution in [0.25, 0.3) is 0 Å². The summed E-state index contributed by atoms with van der Waals surface area (Å²) < 4.78 is 4.43. The third-order valence-electron chi connectivity index (χ3n) is 2.66. The first-order chi connectivity index (χ1) is 10.0. The molecule has 1 N–H and O–H groups in total. The normalized spacial score (nSPS) is 9.90. The lowest BCUT2D eigenvalue weighted by Gasteiger charge is -2.07. The summed E-state index contributed by atoms with van der Waals surface area (Å²) in [6, 6.07) is 11.6. The minimum absolute atomic E-state index is 0.183. The highest BCUT2D eigenvalue weighted by molar-refractivity contribution is 6.11. The zero-order valence-corrected chi connectivity index (χ0v) is 10.6. The van der Waals surface area contributed by atoms with Crippen LogP contribution < -0.4 is 4.74 Å². The molecule has 0 atom stereocenters. The van der Waals surface area contributed by atoms with E-state index in [-0.39, 0.29) is 11.1 Å². The quantitative estimate of drug-likeness (QED) is 0.304. The molecule has 7 heteroatoms. The fourth-order valence-electron chi connectivity index (χ4n) is 1.79. The highest BCUT2D eigenvalue weighted by Crippen LogP contribution is 2.32. The molecule has 0 amide bonds. The molecule has 2 aromatic rings. The van der Waals surface area contributed by atoms with Crippen LogP contribution in [-0.4, -0.2) is 22.0 Å². The lowest BCUT2D eigenvalue weighted by molar-refractivity contribution is -0.385. The van der Waals surface area contributed by atoms with Crippen LogP contribution in [-0.2, 0) is 0 Å².